The smallest absolute Gasteiger partial charge is 0.317 e. The number of nitrogens with one attached hydrogen (secondary N) is 2. The van der Waals surface area contributed by atoms with Gasteiger partial charge in [0.05, 0.1) is 17.0 Å². The normalized spacial score (nSPS) is 15.0. The van der Waals surface area contributed by atoms with Crippen LogP contribution in [0, 0.1) is 17.1 Å². The summed E-state index contributed by atoms with van der Waals surface area (Å²) in [6, 6.07) is 22.6. The molecule has 0 fully saturated rings. The van der Waals surface area contributed by atoms with Crippen molar-refractivity contribution in [1.82, 2.24) is 10.2 Å². The quantitative estimate of drug-likeness (QED) is 0.498. The molecule has 0 bridgehead atoms. The maximum absolute atomic E-state index is 13.9. The van der Waals surface area contributed by atoms with Crippen molar-refractivity contribution in [3.05, 3.63) is 95.3 Å². The van der Waals surface area contributed by atoms with Crippen molar-refractivity contribution in [3.63, 3.8) is 0 Å². The molecule has 1 aliphatic heterocycles. The molecule has 1 aromatic heterocycles. The zero-order valence-corrected chi connectivity index (χ0v) is 17.0. The van der Waals surface area contributed by atoms with Gasteiger partial charge < -0.3 is 15.1 Å². The van der Waals surface area contributed by atoms with E-state index in [1.54, 1.807) is 12.1 Å². The summed E-state index contributed by atoms with van der Waals surface area (Å²) in [5.41, 5.74) is 3.09. The topological polar surface area (TPSA) is 116 Å². The number of benzodiazepines with no additional fused rings is 1. The highest BCUT2D eigenvalue weighted by molar-refractivity contribution is 6.19. The molecule has 0 spiro atoms. The Morgan fingerprint density at radius 2 is 1.79 bits per heavy atom. The number of nitrogens with zero attached hydrogens (tertiary/aromatic N) is 4. The summed E-state index contributed by atoms with van der Waals surface area (Å²) in [4.78, 5) is 17.6. The van der Waals surface area contributed by atoms with Crippen LogP contribution in [0.15, 0.2) is 82.2 Å². The second-order valence-corrected chi connectivity index (χ2v) is 7.14. The van der Waals surface area contributed by atoms with Crippen LogP contribution in [0.4, 0.5) is 16.1 Å². The van der Waals surface area contributed by atoms with Crippen molar-refractivity contribution in [2.75, 3.05) is 10.6 Å². The molecule has 1 amide bonds. The summed E-state index contributed by atoms with van der Waals surface area (Å²) < 4.78 is 19.5. The third kappa shape index (κ3) is 3.93. The number of carbonyl (C=O) groups excluding carboxylic acids is 1. The Labute approximate surface area is 187 Å². The summed E-state index contributed by atoms with van der Waals surface area (Å²) in [5, 5.41) is 22.4. The maximum Gasteiger partial charge on any atom is 0.317 e. The third-order valence-corrected chi connectivity index (χ3v) is 5.02. The van der Waals surface area contributed by atoms with Gasteiger partial charge in [-0.15, -0.1) is 5.10 Å². The minimum Gasteiger partial charge on any atom is -0.403 e. The van der Waals surface area contributed by atoms with Crippen molar-refractivity contribution in [2.45, 2.75) is 6.17 Å². The first-order chi connectivity index (χ1) is 16.1. The molecule has 9 heteroatoms. The second-order valence-electron chi connectivity index (χ2n) is 7.14. The Balaban J connectivity index is 1.48. The zero-order chi connectivity index (χ0) is 22.8. The fourth-order valence-electron chi connectivity index (χ4n) is 3.43. The van der Waals surface area contributed by atoms with E-state index in [1.165, 1.54) is 12.1 Å². The number of hydrogen-bond donors (Lipinski definition) is 2. The molecule has 4 aromatic rings. The van der Waals surface area contributed by atoms with Gasteiger partial charge in [0.25, 0.3) is 5.91 Å². The molecule has 2 heterocycles. The molecule has 3 aromatic carbocycles. The lowest BCUT2D eigenvalue weighted by molar-refractivity contribution is -0.116. The predicted octanol–water partition coefficient (Wildman–Crippen LogP) is 3.98. The van der Waals surface area contributed by atoms with Crippen molar-refractivity contribution in [1.29, 1.82) is 5.26 Å². The van der Waals surface area contributed by atoms with Gasteiger partial charge in [-0.1, -0.05) is 53.6 Å². The van der Waals surface area contributed by atoms with Gasteiger partial charge >= 0.3 is 6.01 Å². The fourth-order valence-corrected chi connectivity index (χ4v) is 3.43. The van der Waals surface area contributed by atoms with Gasteiger partial charge in [0.1, 0.15) is 11.9 Å². The molecule has 8 nitrogen and oxygen atoms in total. The molecular weight excluding hydrogens is 423 g/mol. The molecule has 0 aliphatic carbocycles. The number of halogens is 1. The van der Waals surface area contributed by atoms with Crippen LogP contribution in [0.25, 0.3) is 11.5 Å². The van der Waals surface area contributed by atoms with Gasteiger partial charge in [-0.3, -0.25) is 4.79 Å². The number of fused-ring (bicyclic) bond motifs is 1. The molecule has 0 saturated heterocycles. The van der Waals surface area contributed by atoms with Crippen molar-refractivity contribution in [3.8, 4) is 17.5 Å². The molecule has 1 atom stereocenters. The van der Waals surface area contributed by atoms with E-state index < -0.39 is 17.9 Å². The van der Waals surface area contributed by atoms with Crippen LogP contribution in [0.1, 0.15) is 16.7 Å². The highest BCUT2D eigenvalue weighted by Gasteiger charge is 2.27. The zero-order valence-electron chi connectivity index (χ0n) is 17.0. The number of amides is 1. The standard InChI is InChI=1S/C24H15FN6O2/c25-18-12-15(10-11-16(18)13-26)23-30-31-24(33-23)29-21-22(32)27-19-9-5-4-8-17(19)20(28-21)14-6-2-1-3-7-14/h1-12,21H,(H,27,32)(H,29,31). The summed E-state index contributed by atoms with van der Waals surface area (Å²) in [6.45, 7) is 0. The van der Waals surface area contributed by atoms with E-state index in [1.807, 2.05) is 48.5 Å². The average Bonchev–Trinajstić information content (AvgIpc) is 3.26. The van der Waals surface area contributed by atoms with Crippen molar-refractivity contribution >= 4 is 23.3 Å². The van der Waals surface area contributed by atoms with Gasteiger partial charge in [0, 0.05) is 16.7 Å². The minimum atomic E-state index is -1.06. The number of aliphatic imine (C=N–C) groups is 1. The van der Waals surface area contributed by atoms with Crippen LogP contribution in [-0.4, -0.2) is 28.0 Å². The maximum atomic E-state index is 13.9. The lowest BCUT2D eigenvalue weighted by Crippen LogP contribution is -2.32. The summed E-state index contributed by atoms with van der Waals surface area (Å²) in [7, 11) is 0. The van der Waals surface area contributed by atoms with Crippen molar-refractivity contribution in [2.24, 2.45) is 4.99 Å². The van der Waals surface area contributed by atoms with E-state index in [0.717, 1.165) is 17.2 Å². The van der Waals surface area contributed by atoms with E-state index in [0.29, 0.717) is 17.0 Å². The number of anilines is 2. The Kier molecular flexibility index (Phi) is 5.09. The van der Waals surface area contributed by atoms with Crippen LogP contribution in [0.3, 0.4) is 0 Å². The van der Waals surface area contributed by atoms with Crippen LogP contribution < -0.4 is 10.6 Å². The largest absolute Gasteiger partial charge is 0.403 e. The summed E-state index contributed by atoms with van der Waals surface area (Å²) in [6.07, 6.45) is -1.06. The molecule has 0 saturated carbocycles. The van der Waals surface area contributed by atoms with Crippen LogP contribution in [0.5, 0.6) is 0 Å². The first kappa shape index (κ1) is 20.1. The van der Waals surface area contributed by atoms with Gasteiger partial charge in [-0.05, 0) is 24.3 Å². The Morgan fingerprint density at radius 3 is 2.58 bits per heavy atom. The Bertz CT molecular complexity index is 1420. The van der Waals surface area contributed by atoms with Crippen LogP contribution >= 0.6 is 0 Å². The van der Waals surface area contributed by atoms with E-state index >= 15 is 0 Å². The molecule has 33 heavy (non-hydrogen) atoms. The summed E-state index contributed by atoms with van der Waals surface area (Å²) >= 11 is 0. The number of aromatic nitrogens is 2. The number of nitriles is 1. The first-order valence-electron chi connectivity index (χ1n) is 9.96. The van der Waals surface area contributed by atoms with E-state index in [2.05, 4.69) is 25.8 Å². The molecule has 1 unspecified atom stereocenters. The van der Waals surface area contributed by atoms with E-state index in [-0.39, 0.29) is 17.5 Å². The fraction of sp³-hybridized carbons (Fsp3) is 0.0417. The monoisotopic (exact) mass is 438 g/mol. The van der Waals surface area contributed by atoms with Gasteiger partial charge in [0.2, 0.25) is 12.1 Å². The van der Waals surface area contributed by atoms with Crippen LogP contribution in [0.2, 0.25) is 0 Å². The number of carbonyl (C=O) groups is 1. The third-order valence-electron chi connectivity index (χ3n) is 5.02. The SMILES string of the molecule is N#Cc1ccc(-c2nnc(NC3N=C(c4ccccc4)c4ccccc4NC3=O)o2)cc1F. The van der Waals surface area contributed by atoms with Gasteiger partial charge in [-0.2, -0.15) is 5.26 Å². The Morgan fingerprint density at radius 1 is 1.00 bits per heavy atom. The summed E-state index contributed by atoms with van der Waals surface area (Å²) in [5.74, 6) is -1.07. The number of hydrogen-bond acceptors (Lipinski definition) is 7. The molecule has 160 valence electrons. The minimum absolute atomic E-state index is 0.0328. The van der Waals surface area contributed by atoms with Gasteiger partial charge in [-0.25, -0.2) is 9.38 Å². The first-order valence-corrected chi connectivity index (χ1v) is 9.96. The molecular formula is C24H15FN6O2. The van der Waals surface area contributed by atoms with Gasteiger partial charge in [0.15, 0.2) is 0 Å². The molecule has 0 radical (unpaired) electrons. The Hall–Kier alpha value is -4.84. The number of benzene rings is 3. The average molecular weight is 438 g/mol. The van der Waals surface area contributed by atoms with Crippen molar-refractivity contribution < 1.29 is 13.6 Å². The van der Waals surface area contributed by atoms with Crippen LogP contribution in [-0.2, 0) is 4.79 Å². The predicted molar refractivity (Wildman–Crippen MR) is 119 cm³/mol. The lowest BCUT2D eigenvalue weighted by atomic mass is 10.0. The van der Waals surface area contributed by atoms with E-state index in [4.69, 9.17) is 9.68 Å². The lowest BCUT2D eigenvalue weighted by Gasteiger charge is -2.11. The number of rotatable bonds is 4. The molecule has 5 rings (SSSR count). The second kappa shape index (κ2) is 8.36. The number of para-hydroxylation sites is 1. The van der Waals surface area contributed by atoms with E-state index in [9.17, 15) is 9.18 Å². The highest BCUT2D eigenvalue weighted by Crippen LogP contribution is 2.26. The highest BCUT2D eigenvalue weighted by atomic mass is 19.1. The molecule has 2 N–H and O–H groups in total. The molecule has 1 aliphatic rings.